The number of rotatable bonds is 2. The normalized spacial score (nSPS) is 10.1. The monoisotopic (exact) mass is 188 g/mol. The molecular formula is C7H9ClN2S. The highest BCUT2D eigenvalue weighted by atomic mass is 35.5. The molecule has 1 heterocycles. The van der Waals surface area contributed by atoms with Gasteiger partial charge >= 0.3 is 0 Å². The van der Waals surface area contributed by atoms with Gasteiger partial charge in [0.25, 0.3) is 0 Å². The molecule has 0 aliphatic rings. The van der Waals surface area contributed by atoms with Crippen LogP contribution in [0.4, 0.5) is 0 Å². The molecule has 0 aliphatic carbocycles. The Hall–Kier alpha value is -0.250. The van der Waals surface area contributed by atoms with Crippen molar-refractivity contribution in [2.45, 2.75) is 11.4 Å². The maximum Gasteiger partial charge on any atom is 0.129 e. The third-order valence-corrected chi connectivity index (χ3v) is 2.33. The van der Waals surface area contributed by atoms with Crippen molar-refractivity contribution >= 4 is 23.4 Å². The highest BCUT2D eigenvalue weighted by Gasteiger charge is 2.00. The van der Waals surface area contributed by atoms with Crippen molar-refractivity contribution < 1.29 is 0 Å². The number of aromatic nitrogens is 1. The van der Waals surface area contributed by atoms with Crippen LogP contribution in [0.1, 0.15) is 5.69 Å². The minimum absolute atomic E-state index is 0.441. The van der Waals surface area contributed by atoms with E-state index in [0.29, 0.717) is 11.7 Å². The zero-order valence-corrected chi connectivity index (χ0v) is 7.75. The predicted molar refractivity (Wildman–Crippen MR) is 48.9 cm³/mol. The number of pyridine rings is 1. The van der Waals surface area contributed by atoms with Gasteiger partial charge in [0.1, 0.15) is 5.15 Å². The summed E-state index contributed by atoms with van der Waals surface area (Å²) < 4.78 is 0. The van der Waals surface area contributed by atoms with Gasteiger partial charge in [0.15, 0.2) is 0 Å². The molecule has 1 aromatic rings. The van der Waals surface area contributed by atoms with Gasteiger partial charge in [-0.3, -0.25) is 0 Å². The van der Waals surface area contributed by atoms with Crippen molar-refractivity contribution in [2.24, 2.45) is 5.73 Å². The molecular weight excluding hydrogens is 180 g/mol. The number of thioether (sulfide) groups is 1. The van der Waals surface area contributed by atoms with Crippen molar-refractivity contribution in [1.82, 2.24) is 4.98 Å². The van der Waals surface area contributed by atoms with Crippen molar-refractivity contribution in [1.29, 1.82) is 0 Å². The standard InChI is InChI=1S/C7H9ClN2S/c1-11-6-2-3-7(8)10-5(6)4-9/h2-3H,4,9H2,1H3. The van der Waals surface area contributed by atoms with Gasteiger partial charge in [-0.2, -0.15) is 0 Å². The zero-order chi connectivity index (χ0) is 8.27. The summed E-state index contributed by atoms with van der Waals surface area (Å²) in [5, 5.41) is 0.503. The summed E-state index contributed by atoms with van der Waals surface area (Å²) in [7, 11) is 0. The second kappa shape index (κ2) is 3.95. The van der Waals surface area contributed by atoms with E-state index in [0.717, 1.165) is 10.6 Å². The summed E-state index contributed by atoms with van der Waals surface area (Å²) in [6.45, 7) is 0.441. The Morgan fingerprint density at radius 1 is 1.64 bits per heavy atom. The van der Waals surface area contributed by atoms with E-state index in [1.54, 1.807) is 17.8 Å². The molecule has 0 saturated carbocycles. The van der Waals surface area contributed by atoms with Crippen LogP contribution in [-0.4, -0.2) is 11.2 Å². The fourth-order valence-electron chi connectivity index (χ4n) is 0.794. The average molecular weight is 189 g/mol. The Labute approximate surface area is 75.1 Å². The molecule has 0 spiro atoms. The van der Waals surface area contributed by atoms with E-state index in [4.69, 9.17) is 17.3 Å². The molecule has 0 bridgehead atoms. The Morgan fingerprint density at radius 3 is 2.91 bits per heavy atom. The van der Waals surface area contributed by atoms with Crippen LogP contribution in [0.3, 0.4) is 0 Å². The van der Waals surface area contributed by atoms with Gasteiger partial charge in [-0.1, -0.05) is 11.6 Å². The summed E-state index contributed by atoms with van der Waals surface area (Å²) in [4.78, 5) is 5.18. The Kier molecular flexibility index (Phi) is 3.17. The average Bonchev–Trinajstić information content (AvgIpc) is 2.04. The Balaban J connectivity index is 3.06. The lowest BCUT2D eigenvalue weighted by Gasteiger charge is -2.02. The molecule has 1 aromatic heterocycles. The fourth-order valence-corrected chi connectivity index (χ4v) is 1.53. The maximum atomic E-state index is 5.68. The quantitative estimate of drug-likeness (QED) is 0.570. The zero-order valence-electron chi connectivity index (χ0n) is 6.17. The first-order valence-corrected chi connectivity index (χ1v) is 4.77. The SMILES string of the molecule is CSc1ccc(Cl)nc1CN. The van der Waals surface area contributed by atoms with Gasteiger partial charge < -0.3 is 5.73 Å². The first-order chi connectivity index (χ1) is 5.27. The maximum absolute atomic E-state index is 5.68. The van der Waals surface area contributed by atoms with E-state index in [1.807, 2.05) is 12.3 Å². The molecule has 0 saturated heterocycles. The second-order valence-corrected chi connectivity index (χ2v) is 3.22. The van der Waals surface area contributed by atoms with Crippen LogP contribution in [-0.2, 0) is 6.54 Å². The molecule has 60 valence electrons. The lowest BCUT2D eigenvalue weighted by atomic mass is 10.3. The van der Waals surface area contributed by atoms with Crippen LogP contribution in [0.15, 0.2) is 17.0 Å². The van der Waals surface area contributed by atoms with Gasteiger partial charge in [-0.05, 0) is 18.4 Å². The number of halogens is 1. The first-order valence-electron chi connectivity index (χ1n) is 3.17. The van der Waals surface area contributed by atoms with E-state index >= 15 is 0 Å². The molecule has 11 heavy (non-hydrogen) atoms. The molecule has 4 heteroatoms. The van der Waals surface area contributed by atoms with Crippen LogP contribution in [0, 0.1) is 0 Å². The van der Waals surface area contributed by atoms with Crippen LogP contribution in [0.5, 0.6) is 0 Å². The number of hydrogen-bond donors (Lipinski definition) is 1. The highest BCUT2D eigenvalue weighted by Crippen LogP contribution is 2.19. The number of nitrogens with two attached hydrogens (primary N) is 1. The summed E-state index contributed by atoms with van der Waals surface area (Å²) in [6, 6.07) is 3.70. The van der Waals surface area contributed by atoms with E-state index in [-0.39, 0.29) is 0 Å². The lowest BCUT2D eigenvalue weighted by molar-refractivity contribution is 0.945. The van der Waals surface area contributed by atoms with Crippen LogP contribution < -0.4 is 5.73 Å². The van der Waals surface area contributed by atoms with E-state index in [1.165, 1.54) is 0 Å². The van der Waals surface area contributed by atoms with E-state index in [9.17, 15) is 0 Å². The van der Waals surface area contributed by atoms with E-state index in [2.05, 4.69) is 4.98 Å². The molecule has 0 aliphatic heterocycles. The molecule has 0 amide bonds. The molecule has 0 atom stereocenters. The van der Waals surface area contributed by atoms with Gasteiger partial charge in [0.05, 0.1) is 5.69 Å². The van der Waals surface area contributed by atoms with Gasteiger partial charge in [-0.25, -0.2) is 4.98 Å². The molecule has 0 fully saturated rings. The second-order valence-electron chi connectivity index (χ2n) is 1.99. The van der Waals surface area contributed by atoms with Gasteiger partial charge in [-0.15, -0.1) is 11.8 Å². The third kappa shape index (κ3) is 2.09. The topological polar surface area (TPSA) is 38.9 Å². The van der Waals surface area contributed by atoms with Crippen LogP contribution >= 0.6 is 23.4 Å². The molecule has 0 radical (unpaired) electrons. The number of nitrogens with zero attached hydrogens (tertiary/aromatic N) is 1. The van der Waals surface area contributed by atoms with Crippen LogP contribution in [0.2, 0.25) is 5.15 Å². The third-order valence-electron chi connectivity index (χ3n) is 1.31. The summed E-state index contributed by atoms with van der Waals surface area (Å²) in [5.41, 5.74) is 6.33. The van der Waals surface area contributed by atoms with Crippen molar-refractivity contribution in [3.8, 4) is 0 Å². The van der Waals surface area contributed by atoms with Crippen molar-refractivity contribution in [2.75, 3.05) is 6.26 Å². The highest BCUT2D eigenvalue weighted by molar-refractivity contribution is 7.98. The summed E-state index contributed by atoms with van der Waals surface area (Å²) in [5.74, 6) is 0. The minimum Gasteiger partial charge on any atom is -0.325 e. The van der Waals surface area contributed by atoms with Crippen molar-refractivity contribution in [3.05, 3.63) is 23.0 Å². The first kappa shape index (κ1) is 8.84. The summed E-state index contributed by atoms with van der Waals surface area (Å²) in [6.07, 6.45) is 1.99. The lowest BCUT2D eigenvalue weighted by Crippen LogP contribution is -2.01. The van der Waals surface area contributed by atoms with Crippen LogP contribution in [0.25, 0.3) is 0 Å². The fraction of sp³-hybridized carbons (Fsp3) is 0.286. The Bertz CT molecular complexity index is 252. The molecule has 2 nitrogen and oxygen atoms in total. The molecule has 0 unspecified atom stereocenters. The van der Waals surface area contributed by atoms with E-state index < -0.39 is 0 Å². The predicted octanol–water partition coefficient (Wildman–Crippen LogP) is 1.92. The molecule has 1 rings (SSSR count). The number of hydrogen-bond acceptors (Lipinski definition) is 3. The van der Waals surface area contributed by atoms with Gasteiger partial charge in [0.2, 0.25) is 0 Å². The molecule has 2 N–H and O–H groups in total. The largest absolute Gasteiger partial charge is 0.325 e. The smallest absolute Gasteiger partial charge is 0.129 e. The van der Waals surface area contributed by atoms with Crippen molar-refractivity contribution in [3.63, 3.8) is 0 Å². The summed E-state index contributed by atoms with van der Waals surface area (Å²) >= 11 is 7.30. The van der Waals surface area contributed by atoms with Gasteiger partial charge in [0, 0.05) is 11.4 Å². The molecule has 0 aromatic carbocycles. The Morgan fingerprint density at radius 2 is 2.36 bits per heavy atom. The minimum atomic E-state index is 0.441.